The van der Waals surface area contributed by atoms with Crippen molar-refractivity contribution in [2.45, 2.75) is 6.18 Å². The Labute approximate surface area is 75.8 Å². The number of nitrogens with zero attached hydrogens (tertiary/aromatic N) is 3. The van der Waals surface area contributed by atoms with Gasteiger partial charge in [0.1, 0.15) is 18.0 Å². The molecule has 7 heteroatoms. The van der Waals surface area contributed by atoms with Crippen LogP contribution in [0.4, 0.5) is 13.2 Å². The van der Waals surface area contributed by atoms with E-state index in [1.165, 1.54) is 6.07 Å². The second kappa shape index (κ2) is 3.18. The molecule has 0 radical (unpaired) electrons. The van der Waals surface area contributed by atoms with Crippen molar-refractivity contribution in [2.24, 2.45) is 0 Å². The van der Waals surface area contributed by atoms with E-state index in [0.717, 1.165) is 0 Å². The Bertz CT molecular complexity index is 368. The van der Waals surface area contributed by atoms with Crippen molar-refractivity contribution in [1.82, 2.24) is 9.97 Å². The minimum atomic E-state index is -4.68. The molecule has 13 heavy (non-hydrogen) atoms. The van der Waals surface area contributed by atoms with Crippen LogP contribution in [0.3, 0.4) is 0 Å². The molecule has 0 N–H and O–H groups in total. The normalized spacial score (nSPS) is 11.0. The molecule has 0 aliphatic heterocycles. The van der Waals surface area contributed by atoms with Crippen LogP contribution in [-0.2, 0) is 6.18 Å². The number of hydrogen-bond acceptors (Lipinski definition) is 3. The van der Waals surface area contributed by atoms with Crippen molar-refractivity contribution in [1.29, 1.82) is 5.26 Å². The van der Waals surface area contributed by atoms with E-state index in [-0.39, 0.29) is 0 Å². The molecule has 0 amide bonds. The van der Waals surface area contributed by atoms with Crippen LogP contribution >= 0.6 is 11.6 Å². The summed E-state index contributed by atoms with van der Waals surface area (Å²) in [5.74, 6) is 0. The van der Waals surface area contributed by atoms with Gasteiger partial charge in [-0.1, -0.05) is 11.6 Å². The van der Waals surface area contributed by atoms with Crippen LogP contribution in [-0.4, -0.2) is 9.97 Å². The quantitative estimate of drug-likeness (QED) is 0.612. The molecule has 0 atom stereocenters. The van der Waals surface area contributed by atoms with Gasteiger partial charge in [0.05, 0.1) is 0 Å². The number of aromatic nitrogens is 2. The van der Waals surface area contributed by atoms with Crippen LogP contribution in [0.15, 0.2) is 6.33 Å². The van der Waals surface area contributed by atoms with E-state index in [1.54, 1.807) is 0 Å². The maximum Gasteiger partial charge on any atom is 0.434 e. The average molecular weight is 208 g/mol. The first-order valence-electron chi connectivity index (χ1n) is 2.94. The Morgan fingerprint density at radius 2 is 2.00 bits per heavy atom. The predicted molar refractivity (Wildman–Crippen MR) is 36.8 cm³/mol. The fourth-order valence-corrected chi connectivity index (χ4v) is 0.854. The number of nitriles is 1. The third kappa shape index (κ3) is 1.87. The van der Waals surface area contributed by atoms with Crippen LogP contribution in [0.2, 0.25) is 5.15 Å². The van der Waals surface area contributed by atoms with Crippen LogP contribution < -0.4 is 0 Å². The predicted octanol–water partition coefficient (Wildman–Crippen LogP) is 2.02. The lowest BCUT2D eigenvalue weighted by atomic mass is 10.2. The molecule has 1 heterocycles. The largest absolute Gasteiger partial charge is 0.434 e. The van der Waals surface area contributed by atoms with Crippen LogP contribution in [0.5, 0.6) is 0 Å². The van der Waals surface area contributed by atoms with Gasteiger partial charge in [-0.3, -0.25) is 0 Å². The van der Waals surface area contributed by atoms with E-state index in [2.05, 4.69) is 9.97 Å². The number of halogens is 4. The lowest BCUT2D eigenvalue weighted by molar-refractivity contribution is -0.141. The monoisotopic (exact) mass is 207 g/mol. The summed E-state index contributed by atoms with van der Waals surface area (Å²) in [5.41, 5.74) is -2.06. The zero-order valence-electron chi connectivity index (χ0n) is 5.93. The first kappa shape index (κ1) is 9.74. The maximum absolute atomic E-state index is 12.1. The molecule has 0 unspecified atom stereocenters. The van der Waals surface area contributed by atoms with Gasteiger partial charge in [0.15, 0.2) is 10.8 Å². The second-order valence-corrected chi connectivity index (χ2v) is 2.36. The molecule has 68 valence electrons. The molecule has 1 rings (SSSR count). The molecule has 1 aromatic rings. The minimum absolute atomic E-state index is 0.496. The standard InChI is InChI=1S/C6HClF3N3/c7-5-3(1-11)4(6(8,9)10)12-2-13-5/h2H. The van der Waals surface area contributed by atoms with E-state index in [0.29, 0.717) is 6.33 Å². The highest BCUT2D eigenvalue weighted by atomic mass is 35.5. The van der Waals surface area contributed by atoms with Gasteiger partial charge >= 0.3 is 6.18 Å². The van der Waals surface area contributed by atoms with E-state index < -0.39 is 22.6 Å². The fraction of sp³-hybridized carbons (Fsp3) is 0.167. The molecule has 0 aromatic carbocycles. The summed E-state index contributed by atoms with van der Waals surface area (Å²) in [4.78, 5) is 6.19. The van der Waals surface area contributed by atoms with Crippen molar-refractivity contribution in [3.8, 4) is 6.07 Å². The molecule has 0 spiro atoms. The zero-order chi connectivity index (χ0) is 10.1. The van der Waals surface area contributed by atoms with Crippen molar-refractivity contribution in [3.63, 3.8) is 0 Å². The molecule has 0 saturated heterocycles. The minimum Gasteiger partial charge on any atom is -0.230 e. The molecule has 0 aliphatic carbocycles. The first-order chi connectivity index (χ1) is 5.96. The summed E-state index contributed by atoms with van der Waals surface area (Å²) >= 11 is 5.26. The molecule has 0 bridgehead atoms. The van der Waals surface area contributed by atoms with Crippen molar-refractivity contribution in [3.05, 3.63) is 22.7 Å². The van der Waals surface area contributed by atoms with Crippen molar-refractivity contribution >= 4 is 11.6 Å². The van der Waals surface area contributed by atoms with Crippen LogP contribution in [0.1, 0.15) is 11.3 Å². The van der Waals surface area contributed by atoms with Gasteiger partial charge in [-0.2, -0.15) is 18.4 Å². The summed E-state index contributed by atoms with van der Waals surface area (Å²) in [7, 11) is 0. The average Bonchev–Trinajstić information content (AvgIpc) is 2.02. The summed E-state index contributed by atoms with van der Waals surface area (Å²) in [6.07, 6.45) is -4.02. The maximum atomic E-state index is 12.1. The second-order valence-electron chi connectivity index (χ2n) is 2.00. The Morgan fingerprint density at radius 1 is 1.38 bits per heavy atom. The summed E-state index contributed by atoms with van der Waals surface area (Å²) in [5, 5.41) is 7.85. The van der Waals surface area contributed by atoms with Crippen molar-refractivity contribution in [2.75, 3.05) is 0 Å². The van der Waals surface area contributed by atoms with Gasteiger partial charge in [-0.25, -0.2) is 9.97 Å². The highest BCUT2D eigenvalue weighted by Crippen LogP contribution is 2.31. The smallest absolute Gasteiger partial charge is 0.230 e. The molecular formula is C6HClF3N3. The number of rotatable bonds is 0. The van der Waals surface area contributed by atoms with Crippen LogP contribution in [0, 0.1) is 11.3 Å². The van der Waals surface area contributed by atoms with Crippen molar-refractivity contribution < 1.29 is 13.2 Å². The number of hydrogen-bond donors (Lipinski definition) is 0. The number of alkyl halides is 3. The van der Waals surface area contributed by atoms with Gasteiger partial charge in [-0.15, -0.1) is 0 Å². The first-order valence-corrected chi connectivity index (χ1v) is 3.32. The van der Waals surface area contributed by atoms with E-state index >= 15 is 0 Å². The zero-order valence-corrected chi connectivity index (χ0v) is 6.69. The van der Waals surface area contributed by atoms with Crippen LogP contribution in [0.25, 0.3) is 0 Å². The summed E-state index contributed by atoms with van der Waals surface area (Å²) in [6, 6.07) is 1.29. The van der Waals surface area contributed by atoms with Gasteiger partial charge in [-0.05, 0) is 0 Å². The summed E-state index contributed by atoms with van der Waals surface area (Å²) < 4.78 is 36.3. The highest BCUT2D eigenvalue weighted by Gasteiger charge is 2.36. The van der Waals surface area contributed by atoms with E-state index in [1.807, 2.05) is 0 Å². The lowest BCUT2D eigenvalue weighted by Gasteiger charge is -2.06. The molecule has 0 fully saturated rings. The summed E-state index contributed by atoms with van der Waals surface area (Å²) in [6.45, 7) is 0. The Hall–Kier alpha value is -1.35. The van der Waals surface area contributed by atoms with Gasteiger partial charge in [0.2, 0.25) is 0 Å². The molecule has 0 saturated carbocycles. The third-order valence-electron chi connectivity index (χ3n) is 1.18. The Balaban J connectivity index is 3.40. The van der Waals surface area contributed by atoms with E-state index in [4.69, 9.17) is 16.9 Å². The van der Waals surface area contributed by atoms with Gasteiger partial charge in [0, 0.05) is 0 Å². The molecule has 1 aromatic heterocycles. The lowest BCUT2D eigenvalue weighted by Crippen LogP contribution is -2.11. The van der Waals surface area contributed by atoms with E-state index in [9.17, 15) is 13.2 Å². The van der Waals surface area contributed by atoms with Gasteiger partial charge in [0.25, 0.3) is 0 Å². The molecule has 0 aliphatic rings. The topological polar surface area (TPSA) is 49.6 Å². The molecule has 3 nitrogen and oxygen atoms in total. The fourth-order valence-electron chi connectivity index (χ4n) is 0.678. The Kier molecular flexibility index (Phi) is 2.38. The Morgan fingerprint density at radius 3 is 2.38 bits per heavy atom. The van der Waals surface area contributed by atoms with Gasteiger partial charge < -0.3 is 0 Å². The third-order valence-corrected chi connectivity index (χ3v) is 1.47. The highest BCUT2D eigenvalue weighted by molar-refractivity contribution is 6.30. The molecular weight excluding hydrogens is 207 g/mol. The SMILES string of the molecule is N#Cc1c(Cl)ncnc1C(F)(F)F.